The number of ether oxygens (including phenoxy) is 2. The molecule has 0 saturated carbocycles. The van der Waals surface area contributed by atoms with Gasteiger partial charge in [-0.2, -0.15) is 0 Å². The molecule has 2 saturated heterocycles. The standard InChI is InChI=1S/C8H14O2/c1-2-4-7-8(6-10-7)9-5-3-1/h7-8H,1-6H2. The average molecular weight is 142 g/mol. The second-order valence-corrected chi connectivity index (χ2v) is 3.13. The predicted molar refractivity (Wildman–Crippen MR) is 37.9 cm³/mol. The van der Waals surface area contributed by atoms with Crippen LogP contribution in [0.5, 0.6) is 0 Å². The Morgan fingerprint density at radius 3 is 2.70 bits per heavy atom. The highest BCUT2D eigenvalue weighted by molar-refractivity contribution is 4.80. The van der Waals surface area contributed by atoms with Crippen molar-refractivity contribution in [3.05, 3.63) is 0 Å². The van der Waals surface area contributed by atoms with E-state index in [1.807, 2.05) is 0 Å². The summed E-state index contributed by atoms with van der Waals surface area (Å²) in [5.74, 6) is 0. The minimum atomic E-state index is 0.445. The summed E-state index contributed by atoms with van der Waals surface area (Å²) >= 11 is 0. The van der Waals surface area contributed by atoms with Crippen molar-refractivity contribution in [2.45, 2.75) is 37.9 Å². The number of hydrogen-bond donors (Lipinski definition) is 0. The van der Waals surface area contributed by atoms with Crippen LogP contribution in [0.2, 0.25) is 0 Å². The van der Waals surface area contributed by atoms with Crippen molar-refractivity contribution in [1.82, 2.24) is 0 Å². The summed E-state index contributed by atoms with van der Waals surface area (Å²) in [7, 11) is 0. The third kappa shape index (κ3) is 1.18. The van der Waals surface area contributed by atoms with Crippen LogP contribution in [0.15, 0.2) is 0 Å². The van der Waals surface area contributed by atoms with E-state index in [2.05, 4.69) is 0 Å². The average Bonchev–Trinajstić information content (AvgIpc) is 1.89. The zero-order chi connectivity index (χ0) is 6.81. The first-order valence-corrected chi connectivity index (χ1v) is 4.20. The molecular weight excluding hydrogens is 128 g/mol. The summed E-state index contributed by atoms with van der Waals surface area (Å²) < 4.78 is 10.9. The Morgan fingerprint density at radius 1 is 0.900 bits per heavy atom. The molecule has 0 amide bonds. The highest BCUT2D eigenvalue weighted by Gasteiger charge is 2.32. The second kappa shape index (κ2) is 2.89. The van der Waals surface area contributed by atoms with Gasteiger partial charge in [-0.25, -0.2) is 0 Å². The molecule has 2 heterocycles. The fraction of sp³-hybridized carbons (Fsp3) is 1.00. The fourth-order valence-corrected chi connectivity index (χ4v) is 1.59. The monoisotopic (exact) mass is 142 g/mol. The molecular formula is C8H14O2. The van der Waals surface area contributed by atoms with Crippen LogP contribution in [0, 0.1) is 0 Å². The SMILES string of the molecule is C1CCOC2COC2CC1. The maximum atomic E-state index is 5.56. The second-order valence-electron chi connectivity index (χ2n) is 3.13. The van der Waals surface area contributed by atoms with Crippen LogP contribution in [-0.2, 0) is 9.47 Å². The Kier molecular flexibility index (Phi) is 1.91. The Hall–Kier alpha value is -0.0800. The molecule has 2 rings (SSSR count). The van der Waals surface area contributed by atoms with Crippen molar-refractivity contribution >= 4 is 0 Å². The molecule has 0 aromatic rings. The topological polar surface area (TPSA) is 18.5 Å². The molecule has 10 heavy (non-hydrogen) atoms. The highest BCUT2D eigenvalue weighted by atomic mass is 16.6. The van der Waals surface area contributed by atoms with Gasteiger partial charge in [0.2, 0.25) is 0 Å². The molecule has 0 spiro atoms. The number of fused-ring (bicyclic) bond motifs is 1. The van der Waals surface area contributed by atoms with Crippen LogP contribution in [0.3, 0.4) is 0 Å². The van der Waals surface area contributed by atoms with E-state index in [1.54, 1.807) is 0 Å². The maximum Gasteiger partial charge on any atom is 0.107 e. The fourth-order valence-electron chi connectivity index (χ4n) is 1.59. The largest absolute Gasteiger partial charge is 0.373 e. The summed E-state index contributed by atoms with van der Waals surface area (Å²) in [5.41, 5.74) is 0. The van der Waals surface area contributed by atoms with Gasteiger partial charge in [0.15, 0.2) is 0 Å². The van der Waals surface area contributed by atoms with E-state index in [4.69, 9.17) is 9.47 Å². The van der Waals surface area contributed by atoms with Crippen LogP contribution in [0.1, 0.15) is 25.7 Å². The van der Waals surface area contributed by atoms with Gasteiger partial charge in [-0.1, -0.05) is 12.8 Å². The molecule has 2 fully saturated rings. The van der Waals surface area contributed by atoms with Crippen molar-refractivity contribution < 1.29 is 9.47 Å². The normalized spacial score (nSPS) is 40.8. The van der Waals surface area contributed by atoms with E-state index < -0.39 is 0 Å². The minimum absolute atomic E-state index is 0.445. The van der Waals surface area contributed by atoms with Crippen LogP contribution >= 0.6 is 0 Å². The summed E-state index contributed by atoms with van der Waals surface area (Å²) in [4.78, 5) is 0. The van der Waals surface area contributed by atoms with E-state index in [-0.39, 0.29) is 0 Å². The Labute approximate surface area is 61.5 Å². The molecule has 0 aromatic heterocycles. The lowest BCUT2D eigenvalue weighted by molar-refractivity contribution is -0.194. The lowest BCUT2D eigenvalue weighted by Gasteiger charge is -2.37. The number of rotatable bonds is 0. The molecule has 2 atom stereocenters. The first-order chi connectivity index (χ1) is 4.97. The third-order valence-electron chi connectivity index (χ3n) is 2.35. The van der Waals surface area contributed by atoms with E-state index in [9.17, 15) is 0 Å². The summed E-state index contributed by atoms with van der Waals surface area (Å²) in [6.45, 7) is 1.79. The lowest BCUT2D eigenvalue weighted by Crippen LogP contribution is -2.47. The van der Waals surface area contributed by atoms with Crippen LogP contribution < -0.4 is 0 Å². The molecule has 2 nitrogen and oxygen atoms in total. The molecule has 0 aliphatic carbocycles. The Morgan fingerprint density at radius 2 is 1.90 bits per heavy atom. The first-order valence-electron chi connectivity index (χ1n) is 4.20. The van der Waals surface area contributed by atoms with Gasteiger partial charge in [-0.15, -0.1) is 0 Å². The van der Waals surface area contributed by atoms with Crippen molar-refractivity contribution in [3.8, 4) is 0 Å². The minimum Gasteiger partial charge on any atom is -0.373 e. The molecule has 58 valence electrons. The molecule has 2 heteroatoms. The van der Waals surface area contributed by atoms with E-state index >= 15 is 0 Å². The molecule has 2 aliphatic rings. The van der Waals surface area contributed by atoms with Crippen LogP contribution in [0.4, 0.5) is 0 Å². The first kappa shape index (κ1) is 6.62. The zero-order valence-corrected chi connectivity index (χ0v) is 6.21. The molecule has 0 bridgehead atoms. The molecule has 2 aliphatic heterocycles. The Bertz CT molecular complexity index is 99.8. The number of hydrogen-bond acceptors (Lipinski definition) is 2. The van der Waals surface area contributed by atoms with Gasteiger partial charge < -0.3 is 9.47 Å². The van der Waals surface area contributed by atoms with E-state index in [1.165, 1.54) is 25.7 Å². The van der Waals surface area contributed by atoms with Crippen molar-refractivity contribution in [3.63, 3.8) is 0 Å². The van der Waals surface area contributed by atoms with Gasteiger partial charge in [0.1, 0.15) is 6.10 Å². The summed E-state index contributed by atoms with van der Waals surface area (Å²) in [6, 6.07) is 0. The van der Waals surface area contributed by atoms with Gasteiger partial charge in [0.05, 0.1) is 12.7 Å². The predicted octanol–water partition coefficient (Wildman–Crippen LogP) is 1.34. The van der Waals surface area contributed by atoms with Crippen molar-refractivity contribution in [2.24, 2.45) is 0 Å². The highest BCUT2D eigenvalue weighted by Crippen LogP contribution is 2.24. The van der Waals surface area contributed by atoms with Gasteiger partial charge in [0.25, 0.3) is 0 Å². The Balaban J connectivity index is 1.83. The smallest absolute Gasteiger partial charge is 0.107 e. The quantitative estimate of drug-likeness (QED) is 0.508. The third-order valence-corrected chi connectivity index (χ3v) is 2.35. The molecule has 0 N–H and O–H groups in total. The van der Waals surface area contributed by atoms with Crippen LogP contribution in [-0.4, -0.2) is 25.4 Å². The van der Waals surface area contributed by atoms with Crippen molar-refractivity contribution in [2.75, 3.05) is 13.2 Å². The van der Waals surface area contributed by atoms with Gasteiger partial charge in [-0.05, 0) is 12.8 Å². The van der Waals surface area contributed by atoms with E-state index in [0.717, 1.165) is 13.2 Å². The van der Waals surface area contributed by atoms with Gasteiger partial charge >= 0.3 is 0 Å². The molecule has 2 unspecified atom stereocenters. The molecule has 0 radical (unpaired) electrons. The maximum absolute atomic E-state index is 5.56. The van der Waals surface area contributed by atoms with Crippen molar-refractivity contribution in [1.29, 1.82) is 0 Å². The molecule has 0 aromatic carbocycles. The van der Waals surface area contributed by atoms with Crippen LogP contribution in [0.25, 0.3) is 0 Å². The van der Waals surface area contributed by atoms with E-state index in [0.29, 0.717) is 12.2 Å². The summed E-state index contributed by atoms with van der Waals surface area (Å²) in [5, 5.41) is 0. The lowest BCUT2D eigenvalue weighted by atomic mass is 10.0. The van der Waals surface area contributed by atoms with Gasteiger partial charge in [-0.3, -0.25) is 0 Å². The summed E-state index contributed by atoms with van der Waals surface area (Å²) in [6.07, 6.45) is 5.98. The zero-order valence-electron chi connectivity index (χ0n) is 6.21. The van der Waals surface area contributed by atoms with Gasteiger partial charge in [0, 0.05) is 6.61 Å².